The molecule has 0 saturated carbocycles. The fraction of sp³-hybridized carbons (Fsp3) is 0.143. The van der Waals surface area contributed by atoms with Crippen LogP contribution in [0.15, 0.2) is 11.6 Å². The second-order valence-electron chi connectivity index (χ2n) is 1.76. The van der Waals surface area contributed by atoms with Gasteiger partial charge in [0.25, 0.3) is 0 Å². The lowest BCUT2D eigenvalue weighted by atomic mass is 10.4. The summed E-state index contributed by atoms with van der Waals surface area (Å²) < 4.78 is 0. The first-order chi connectivity index (χ1) is 4.84. The topological polar surface area (TPSA) is 36.7 Å². The van der Waals surface area contributed by atoms with E-state index >= 15 is 0 Å². The molecule has 0 atom stereocenters. The van der Waals surface area contributed by atoms with Gasteiger partial charge in [0.1, 0.15) is 0 Å². The van der Waals surface area contributed by atoms with Gasteiger partial charge in [-0.1, -0.05) is 0 Å². The normalized spacial score (nSPS) is 10.0. The Bertz CT molecular complexity index is 280. The van der Waals surface area contributed by atoms with E-state index in [4.69, 9.17) is 5.26 Å². The number of thiazole rings is 1. The number of hydrogen-bond acceptors (Lipinski definition) is 3. The Hall–Kier alpha value is -1.14. The Morgan fingerprint density at radius 3 is 3.10 bits per heavy atom. The van der Waals surface area contributed by atoms with Crippen LogP contribution in [-0.2, 0) is 0 Å². The van der Waals surface area contributed by atoms with Crippen molar-refractivity contribution in [2.75, 3.05) is 0 Å². The molecular formula is C7H6N2S. The van der Waals surface area contributed by atoms with E-state index in [-0.39, 0.29) is 0 Å². The van der Waals surface area contributed by atoms with Crippen molar-refractivity contribution < 1.29 is 0 Å². The number of hydrogen-bond donors (Lipinski definition) is 0. The highest BCUT2D eigenvalue weighted by atomic mass is 32.1. The highest BCUT2D eigenvalue weighted by Gasteiger charge is 1.93. The van der Waals surface area contributed by atoms with E-state index in [1.807, 2.05) is 13.0 Å². The zero-order chi connectivity index (χ0) is 7.40. The molecule has 0 bridgehead atoms. The molecule has 1 aromatic rings. The maximum absolute atomic E-state index is 8.20. The Morgan fingerprint density at radius 1 is 1.80 bits per heavy atom. The van der Waals surface area contributed by atoms with Crippen molar-refractivity contribution in [3.05, 3.63) is 22.2 Å². The molecule has 10 heavy (non-hydrogen) atoms. The van der Waals surface area contributed by atoms with E-state index in [1.54, 1.807) is 22.9 Å². The molecule has 0 saturated heterocycles. The van der Waals surface area contributed by atoms with Crippen molar-refractivity contribution in [2.45, 2.75) is 6.92 Å². The third-order valence-corrected chi connectivity index (χ3v) is 1.99. The lowest BCUT2D eigenvalue weighted by molar-refractivity contribution is 1.26. The molecule has 0 unspecified atom stereocenters. The molecule has 1 heterocycles. The largest absolute Gasteiger partial charge is 0.249 e. The number of aromatic nitrogens is 1. The molecule has 0 radical (unpaired) electrons. The van der Waals surface area contributed by atoms with Gasteiger partial charge >= 0.3 is 0 Å². The van der Waals surface area contributed by atoms with Gasteiger partial charge in [0.15, 0.2) is 0 Å². The molecule has 50 valence electrons. The lowest BCUT2D eigenvalue weighted by Crippen LogP contribution is -1.70. The highest BCUT2D eigenvalue weighted by molar-refractivity contribution is 7.10. The van der Waals surface area contributed by atoms with Crippen molar-refractivity contribution in [3.8, 4) is 6.07 Å². The molecule has 0 spiro atoms. The molecule has 1 rings (SSSR count). The molecule has 0 fully saturated rings. The number of nitriles is 1. The fourth-order valence-corrected chi connectivity index (χ4v) is 1.28. The Kier molecular flexibility index (Phi) is 2.19. The summed E-state index contributed by atoms with van der Waals surface area (Å²) in [6, 6.07) is 1.93. The van der Waals surface area contributed by atoms with E-state index < -0.39 is 0 Å². The molecule has 0 aromatic carbocycles. The van der Waals surface area contributed by atoms with Crippen molar-refractivity contribution in [3.63, 3.8) is 0 Å². The summed E-state index contributed by atoms with van der Waals surface area (Å²) in [6.07, 6.45) is 3.23. The monoisotopic (exact) mass is 150 g/mol. The maximum Gasteiger partial charge on any atom is 0.0912 e. The molecule has 0 aliphatic carbocycles. The van der Waals surface area contributed by atoms with Crippen LogP contribution in [-0.4, -0.2) is 4.98 Å². The van der Waals surface area contributed by atoms with Gasteiger partial charge in [0.2, 0.25) is 0 Å². The van der Waals surface area contributed by atoms with E-state index in [9.17, 15) is 0 Å². The fourth-order valence-electron chi connectivity index (χ4n) is 0.584. The third kappa shape index (κ3) is 1.42. The van der Waals surface area contributed by atoms with Gasteiger partial charge in [-0.25, -0.2) is 4.98 Å². The second kappa shape index (κ2) is 3.14. The summed E-state index contributed by atoms with van der Waals surface area (Å²) in [7, 11) is 0. The molecule has 3 heteroatoms. The van der Waals surface area contributed by atoms with Crippen LogP contribution in [0, 0.1) is 18.3 Å². The smallest absolute Gasteiger partial charge is 0.0912 e. The van der Waals surface area contributed by atoms with Crippen LogP contribution >= 0.6 is 11.3 Å². The van der Waals surface area contributed by atoms with Crippen molar-refractivity contribution in [1.82, 2.24) is 4.98 Å². The van der Waals surface area contributed by atoms with Crippen LogP contribution in [0.4, 0.5) is 0 Å². The summed E-state index contributed by atoms with van der Waals surface area (Å²) >= 11 is 1.54. The second-order valence-corrected chi connectivity index (χ2v) is 2.65. The Balaban J connectivity index is 2.87. The third-order valence-electron chi connectivity index (χ3n) is 1.09. The van der Waals surface area contributed by atoms with Crippen molar-refractivity contribution in [1.29, 1.82) is 5.26 Å². The predicted octanol–water partition coefficient (Wildman–Crippen LogP) is 1.99. The average Bonchev–Trinajstić information content (AvgIpc) is 2.31. The number of allylic oxidation sites excluding steroid dienone is 1. The van der Waals surface area contributed by atoms with Crippen LogP contribution in [0.2, 0.25) is 0 Å². The van der Waals surface area contributed by atoms with Crippen LogP contribution < -0.4 is 0 Å². The molecule has 2 nitrogen and oxygen atoms in total. The molecular weight excluding hydrogens is 144 g/mol. The van der Waals surface area contributed by atoms with E-state index in [1.165, 1.54) is 6.08 Å². The molecule has 1 aromatic heterocycles. The first-order valence-electron chi connectivity index (χ1n) is 2.81. The van der Waals surface area contributed by atoms with Gasteiger partial charge in [0, 0.05) is 6.08 Å². The van der Waals surface area contributed by atoms with Gasteiger partial charge in [0.05, 0.1) is 22.2 Å². The van der Waals surface area contributed by atoms with E-state index in [0.717, 1.165) is 10.6 Å². The first kappa shape index (κ1) is 6.97. The zero-order valence-corrected chi connectivity index (χ0v) is 6.35. The maximum atomic E-state index is 8.20. The SMILES string of the molecule is Cc1ncsc1C=CC#N. The summed E-state index contributed by atoms with van der Waals surface area (Å²) in [5.41, 5.74) is 2.75. The highest BCUT2D eigenvalue weighted by Crippen LogP contribution is 2.13. The number of nitrogens with zero attached hydrogens (tertiary/aromatic N) is 2. The van der Waals surface area contributed by atoms with Crippen molar-refractivity contribution in [2.24, 2.45) is 0 Å². The number of rotatable bonds is 1. The van der Waals surface area contributed by atoms with Crippen LogP contribution in [0.3, 0.4) is 0 Å². The van der Waals surface area contributed by atoms with E-state index in [2.05, 4.69) is 4.98 Å². The average molecular weight is 150 g/mol. The predicted molar refractivity (Wildman–Crippen MR) is 41.5 cm³/mol. The minimum Gasteiger partial charge on any atom is -0.249 e. The Labute approximate surface area is 63.5 Å². The summed E-state index contributed by atoms with van der Waals surface area (Å²) in [5.74, 6) is 0. The van der Waals surface area contributed by atoms with Crippen LogP contribution in [0.25, 0.3) is 6.08 Å². The van der Waals surface area contributed by atoms with Gasteiger partial charge < -0.3 is 0 Å². The van der Waals surface area contributed by atoms with Gasteiger partial charge in [-0.05, 0) is 13.0 Å². The van der Waals surface area contributed by atoms with E-state index in [0.29, 0.717) is 0 Å². The standard InChI is InChI=1S/C7H6N2S/c1-6-7(3-2-4-8)10-5-9-6/h2-3,5H,1H3. The molecule has 0 amide bonds. The first-order valence-corrected chi connectivity index (χ1v) is 3.69. The Morgan fingerprint density at radius 2 is 2.60 bits per heavy atom. The molecule has 0 aliphatic heterocycles. The van der Waals surface area contributed by atoms with Crippen molar-refractivity contribution >= 4 is 17.4 Å². The van der Waals surface area contributed by atoms with Gasteiger partial charge in [-0.15, -0.1) is 11.3 Å². The minimum atomic E-state index is 0.983. The lowest BCUT2D eigenvalue weighted by Gasteiger charge is -1.82. The minimum absolute atomic E-state index is 0.983. The van der Waals surface area contributed by atoms with Gasteiger partial charge in [-0.2, -0.15) is 5.26 Å². The zero-order valence-electron chi connectivity index (χ0n) is 5.53. The summed E-state index contributed by atoms with van der Waals surface area (Å²) in [4.78, 5) is 5.08. The van der Waals surface area contributed by atoms with Crippen LogP contribution in [0.1, 0.15) is 10.6 Å². The number of aryl methyl sites for hydroxylation is 1. The van der Waals surface area contributed by atoms with Crippen LogP contribution in [0.5, 0.6) is 0 Å². The quantitative estimate of drug-likeness (QED) is 0.574. The van der Waals surface area contributed by atoms with Gasteiger partial charge in [-0.3, -0.25) is 0 Å². The summed E-state index contributed by atoms with van der Waals surface area (Å²) in [6.45, 7) is 1.92. The molecule has 0 N–H and O–H groups in total. The summed E-state index contributed by atoms with van der Waals surface area (Å²) in [5, 5.41) is 8.20. The molecule has 0 aliphatic rings.